The minimum atomic E-state index is -0.731. The van der Waals surface area contributed by atoms with Gasteiger partial charge in [0.1, 0.15) is 5.54 Å². The predicted molar refractivity (Wildman–Crippen MR) is 101 cm³/mol. The SMILES string of the molecule is CCOC(=O)C(CNC(=O)C1(n2cccn2)CCNCC1)c1ccccc1. The summed E-state index contributed by atoms with van der Waals surface area (Å²) in [5, 5.41) is 10.6. The van der Waals surface area contributed by atoms with Gasteiger partial charge in [0, 0.05) is 18.9 Å². The first-order valence-corrected chi connectivity index (χ1v) is 9.38. The van der Waals surface area contributed by atoms with Crippen molar-refractivity contribution in [2.75, 3.05) is 26.2 Å². The topological polar surface area (TPSA) is 85.2 Å². The molecule has 1 aliphatic heterocycles. The van der Waals surface area contributed by atoms with Gasteiger partial charge in [-0.05, 0) is 44.5 Å². The van der Waals surface area contributed by atoms with E-state index in [-0.39, 0.29) is 18.4 Å². The van der Waals surface area contributed by atoms with Crippen molar-refractivity contribution in [1.29, 1.82) is 0 Å². The molecule has 0 radical (unpaired) electrons. The van der Waals surface area contributed by atoms with Crippen molar-refractivity contribution in [1.82, 2.24) is 20.4 Å². The number of amides is 1. The lowest BCUT2D eigenvalue weighted by Gasteiger charge is -2.36. The van der Waals surface area contributed by atoms with Gasteiger partial charge in [0.15, 0.2) is 0 Å². The third-order valence-electron chi connectivity index (χ3n) is 5.04. The van der Waals surface area contributed by atoms with Crippen LogP contribution in [0.1, 0.15) is 31.2 Å². The normalized spacial score (nSPS) is 17.1. The smallest absolute Gasteiger partial charge is 0.315 e. The van der Waals surface area contributed by atoms with Crippen LogP contribution in [0.2, 0.25) is 0 Å². The van der Waals surface area contributed by atoms with Crippen molar-refractivity contribution < 1.29 is 14.3 Å². The van der Waals surface area contributed by atoms with Gasteiger partial charge < -0.3 is 15.4 Å². The number of aromatic nitrogens is 2. The summed E-state index contributed by atoms with van der Waals surface area (Å²) >= 11 is 0. The van der Waals surface area contributed by atoms with Crippen LogP contribution in [0.25, 0.3) is 0 Å². The van der Waals surface area contributed by atoms with E-state index in [1.54, 1.807) is 17.8 Å². The molecule has 2 N–H and O–H groups in total. The van der Waals surface area contributed by atoms with Crippen LogP contribution in [0, 0.1) is 0 Å². The van der Waals surface area contributed by atoms with Crippen LogP contribution in [-0.4, -0.2) is 47.9 Å². The Labute approximate surface area is 159 Å². The molecule has 3 rings (SSSR count). The molecule has 1 amide bonds. The van der Waals surface area contributed by atoms with Gasteiger partial charge in [-0.25, -0.2) is 0 Å². The maximum Gasteiger partial charge on any atom is 0.315 e. The van der Waals surface area contributed by atoms with E-state index in [1.807, 2.05) is 42.6 Å². The molecule has 7 heteroatoms. The van der Waals surface area contributed by atoms with Gasteiger partial charge in [-0.3, -0.25) is 14.3 Å². The summed E-state index contributed by atoms with van der Waals surface area (Å²) in [5.74, 6) is -0.980. The maximum atomic E-state index is 13.2. The second kappa shape index (κ2) is 8.81. The molecule has 27 heavy (non-hydrogen) atoms. The minimum absolute atomic E-state index is 0.113. The fourth-order valence-electron chi connectivity index (χ4n) is 3.55. The zero-order valence-electron chi connectivity index (χ0n) is 15.6. The number of piperidine rings is 1. The highest BCUT2D eigenvalue weighted by atomic mass is 16.5. The van der Waals surface area contributed by atoms with Gasteiger partial charge in [-0.1, -0.05) is 30.3 Å². The summed E-state index contributed by atoms with van der Waals surface area (Å²) in [6.07, 6.45) is 4.80. The zero-order chi connectivity index (χ0) is 19.1. The molecule has 1 aromatic heterocycles. The van der Waals surface area contributed by atoms with Crippen molar-refractivity contribution in [2.24, 2.45) is 0 Å². The molecule has 2 aromatic rings. The molecule has 144 valence electrons. The number of nitrogens with one attached hydrogen (secondary N) is 2. The lowest BCUT2D eigenvalue weighted by molar-refractivity contribution is -0.145. The zero-order valence-corrected chi connectivity index (χ0v) is 15.6. The van der Waals surface area contributed by atoms with Crippen LogP contribution < -0.4 is 10.6 Å². The Hall–Kier alpha value is -2.67. The Morgan fingerprint density at radius 3 is 2.63 bits per heavy atom. The molecule has 1 unspecified atom stereocenters. The fraction of sp³-hybridized carbons (Fsp3) is 0.450. The van der Waals surface area contributed by atoms with Gasteiger partial charge in [-0.2, -0.15) is 5.10 Å². The van der Waals surface area contributed by atoms with Crippen molar-refractivity contribution in [3.63, 3.8) is 0 Å². The molecule has 0 aliphatic carbocycles. The maximum absolute atomic E-state index is 13.2. The molecular weight excluding hydrogens is 344 g/mol. The molecule has 7 nitrogen and oxygen atoms in total. The van der Waals surface area contributed by atoms with Gasteiger partial charge in [0.25, 0.3) is 0 Å². The molecular formula is C20H26N4O3. The molecule has 1 aromatic carbocycles. The highest BCUT2D eigenvalue weighted by molar-refractivity contribution is 5.86. The monoisotopic (exact) mass is 370 g/mol. The first-order valence-electron chi connectivity index (χ1n) is 9.38. The number of carbonyl (C=O) groups is 2. The molecule has 1 saturated heterocycles. The van der Waals surface area contributed by atoms with E-state index >= 15 is 0 Å². The van der Waals surface area contributed by atoms with Crippen molar-refractivity contribution in [2.45, 2.75) is 31.2 Å². The molecule has 0 spiro atoms. The predicted octanol–water partition coefficient (Wildman–Crippen LogP) is 1.42. The number of benzene rings is 1. The summed E-state index contributed by atoms with van der Waals surface area (Å²) in [6.45, 7) is 3.76. The summed E-state index contributed by atoms with van der Waals surface area (Å²) in [6, 6.07) is 11.2. The quantitative estimate of drug-likeness (QED) is 0.720. The Morgan fingerprint density at radius 1 is 1.26 bits per heavy atom. The second-order valence-electron chi connectivity index (χ2n) is 6.66. The van der Waals surface area contributed by atoms with Gasteiger partial charge in [0.05, 0.1) is 12.5 Å². The number of carbonyl (C=O) groups excluding carboxylic acids is 2. The van der Waals surface area contributed by atoms with E-state index in [0.717, 1.165) is 18.7 Å². The van der Waals surface area contributed by atoms with E-state index in [4.69, 9.17) is 4.74 Å². The molecule has 1 aliphatic rings. The minimum Gasteiger partial charge on any atom is -0.465 e. The van der Waals surface area contributed by atoms with E-state index in [2.05, 4.69) is 15.7 Å². The summed E-state index contributed by atoms with van der Waals surface area (Å²) in [5.41, 5.74) is 0.0969. The second-order valence-corrected chi connectivity index (χ2v) is 6.66. The third kappa shape index (κ3) is 4.19. The van der Waals surface area contributed by atoms with E-state index in [9.17, 15) is 9.59 Å². The average Bonchev–Trinajstić information content (AvgIpc) is 3.25. The van der Waals surface area contributed by atoms with Crippen molar-refractivity contribution in [3.8, 4) is 0 Å². The number of ether oxygens (including phenoxy) is 1. The molecule has 1 fully saturated rings. The molecule has 0 bridgehead atoms. The summed E-state index contributed by atoms with van der Waals surface area (Å²) in [4.78, 5) is 25.6. The van der Waals surface area contributed by atoms with Gasteiger partial charge in [-0.15, -0.1) is 0 Å². The number of nitrogens with zero attached hydrogens (tertiary/aromatic N) is 2. The third-order valence-corrected chi connectivity index (χ3v) is 5.04. The Morgan fingerprint density at radius 2 is 2.00 bits per heavy atom. The van der Waals surface area contributed by atoms with Crippen molar-refractivity contribution >= 4 is 11.9 Å². The Balaban J connectivity index is 1.77. The lowest BCUT2D eigenvalue weighted by atomic mass is 9.87. The van der Waals surface area contributed by atoms with Crippen LogP contribution in [0.5, 0.6) is 0 Å². The van der Waals surface area contributed by atoms with E-state index in [1.165, 1.54) is 0 Å². The highest BCUT2D eigenvalue weighted by Gasteiger charge is 2.42. The first-order chi connectivity index (χ1) is 13.2. The first kappa shape index (κ1) is 19.1. The standard InChI is InChI=1S/C20H26N4O3/c1-2-27-18(25)17(16-7-4-3-5-8-16)15-22-19(26)20(9-12-21-13-10-20)24-14-6-11-23-24/h3-8,11,14,17,21H,2,9-10,12-13,15H2,1H3,(H,22,26). The van der Waals surface area contributed by atoms with Crippen LogP contribution in [0.15, 0.2) is 48.8 Å². The van der Waals surface area contributed by atoms with Crippen LogP contribution in [0.4, 0.5) is 0 Å². The van der Waals surface area contributed by atoms with E-state index < -0.39 is 11.5 Å². The average molecular weight is 370 g/mol. The summed E-state index contributed by atoms with van der Waals surface area (Å²) in [7, 11) is 0. The van der Waals surface area contributed by atoms with Gasteiger partial charge in [0.2, 0.25) is 5.91 Å². The van der Waals surface area contributed by atoms with Crippen LogP contribution >= 0.6 is 0 Å². The molecule has 2 heterocycles. The Kier molecular flexibility index (Phi) is 6.24. The number of hydrogen-bond donors (Lipinski definition) is 2. The lowest BCUT2D eigenvalue weighted by Crippen LogP contribution is -2.55. The van der Waals surface area contributed by atoms with Crippen LogP contribution in [-0.2, 0) is 19.9 Å². The van der Waals surface area contributed by atoms with E-state index in [0.29, 0.717) is 19.4 Å². The Bertz CT molecular complexity index is 740. The fourth-order valence-corrected chi connectivity index (χ4v) is 3.55. The van der Waals surface area contributed by atoms with Crippen molar-refractivity contribution in [3.05, 3.63) is 54.4 Å². The number of hydrogen-bond acceptors (Lipinski definition) is 5. The summed E-state index contributed by atoms with van der Waals surface area (Å²) < 4.78 is 6.96. The number of esters is 1. The largest absolute Gasteiger partial charge is 0.465 e. The molecule has 0 saturated carbocycles. The highest BCUT2D eigenvalue weighted by Crippen LogP contribution is 2.27. The number of rotatable bonds is 7. The van der Waals surface area contributed by atoms with Crippen LogP contribution in [0.3, 0.4) is 0 Å². The molecule has 1 atom stereocenters. The van der Waals surface area contributed by atoms with Gasteiger partial charge >= 0.3 is 5.97 Å².